The third kappa shape index (κ3) is 17.4. The number of aryl methyl sites for hydroxylation is 1. The average molecular weight is 693 g/mol. The highest BCUT2D eigenvalue weighted by Gasteiger charge is 2.26. The van der Waals surface area contributed by atoms with Crippen molar-refractivity contribution in [3.8, 4) is 0 Å². The average Bonchev–Trinajstić information content (AvgIpc) is 3.39. The lowest BCUT2D eigenvalue weighted by atomic mass is 9.98. The van der Waals surface area contributed by atoms with E-state index in [1.165, 1.54) is 0 Å². The van der Waals surface area contributed by atoms with Gasteiger partial charge in [0.05, 0.1) is 40.8 Å². The first kappa shape index (κ1) is 41.2. The van der Waals surface area contributed by atoms with Crippen LogP contribution in [-0.2, 0) is 47.1 Å². The first-order chi connectivity index (χ1) is 23.0. The highest BCUT2D eigenvalue weighted by atomic mass is 32.2. The molecule has 0 saturated heterocycles. The molecule has 1 aromatic carbocycles. The minimum atomic E-state index is -4.56. The monoisotopic (exact) mass is 692 g/mol. The fourth-order valence-corrected chi connectivity index (χ4v) is 5.69. The molecule has 1 aromatic heterocycles. The van der Waals surface area contributed by atoms with E-state index in [1.807, 2.05) is 54.0 Å². The Balaban J connectivity index is 1.66. The van der Waals surface area contributed by atoms with Crippen LogP contribution in [0.4, 0.5) is 0 Å². The quantitative estimate of drug-likeness (QED) is 0.0399. The summed E-state index contributed by atoms with van der Waals surface area (Å²) in [5, 5.41) is 10.7. The molecule has 0 aliphatic heterocycles. The number of aromatic nitrogens is 1. The summed E-state index contributed by atoms with van der Waals surface area (Å²) < 4.78 is 45.5. The molecule has 0 fully saturated rings. The fourth-order valence-electron chi connectivity index (χ4n) is 5.04. The molecule has 0 aliphatic rings. The molecule has 268 valence electrons. The molecule has 14 nitrogen and oxygen atoms in total. The standard InChI is InChI=1S/C32H53BN6O8S/c1-34-38(2)24-27-23-26-11-8-9-12-29(26)39(27)18-14-31(41)37-28(25-48(43,44)45)32(42)36-17-20-47-22-21-46-19-16-35-30(40)13-7-5-3-4-6-10-15-33/h8-9,11-12,23,28,34H,3-7,10,13-22,24-25H2,1-2H3,(H,35,40)(H,36,42)(H,37,41)(H,43,44,45)/t28-/m0/s1. The summed E-state index contributed by atoms with van der Waals surface area (Å²) in [6, 6.07) is 8.34. The van der Waals surface area contributed by atoms with Crippen molar-refractivity contribution in [1.29, 1.82) is 0 Å². The van der Waals surface area contributed by atoms with Crippen LogP contribution in [0.5, 0.6) is 0 Å². The van der Waals surface area contributed by atoms with Gasteiger partial charge in [0, 0.05) is 50.7 Å². The zero-order valence-electron chi connectivity index (χ0n) is 28.4. The number of carbonyl (C=O) groups excluding carboxylic acids is 3. The number of nitrogens with zero attached hydrogens (tertiary/aromatic N) is 2. The minimum Gasteiger partial charge on any atom is -0.377 e. The summed E-state index contributed by atoms with van der Waals surface area (Å²) in [5.41, 5.74) is 4.96. The number of fused-ring (bicyclic) bond motifs is 1. The normalized spacial score (nSPS) is 12.3. The van der Waals surface area contributed by atoms with Crippen molar-refractivity contribution in [3.05, 3.63) is 36.0 Å². The SMILES string of the molecule is [B]CCCCCCCCC(=O)NCCOCCOCCNC(=O)[C@H](CS(=O)(=O)O)NC(=O)CCn1c(CN(C)NC)cc2ccccc21. The summed E-state index contributed by atoms with van der Waals surface area (Å²) in [4.78, 5) is 37.5. The van der Waals surface area contributed by atoms with Crippen LogP contribution < -0.4 is 21.4 Å². The third-order valence-electron chi connectivity index (χ3n) is 7.61. The zero-order valence-corrected chi connectivity index (χ0v) is 29.2. The molecule has 48 heavy (non-hydrogen) atoms. The topological polar surface area (TPSA) is 180 Å². The molecular formula is C32H53BN6O8S. The molecule has 2 aromatic rings. The Labute approximate surface area is 286 Å². The smallest absolute Gasteiger partial charge is 0.267 e. The molecule has 5 N–H and O–H groups in total. The van der Waals surface area contributed by atoms with Crippen LogP contribution in [0, 0.1) is 0 Å². The third-order valence-corrected chi connectivity index (χ3v) is 8.37. The Bertz CT molecular complexity index is 1360. The van der Waals surface area contributed by atoms with Crippen molar-refractivity contribution < 1.29 is 36.8 Å². The molecule has 16 heteroatoms. The van der Waals surface area contributed by atoms with E-state index < -0.39 is 33.7 Å². The van der Waals surface area contributed by atoms with Gasteiger partial charge in [-0.15, -0.1) is 0 Å². The molecule has 3 amide bonds. The summed E-state index contributed by atoms with van der Waals surface area (Å²) >= 11 is 0. The molecule has 2 rings (SSSR count). The van der Waals surface area contributed by atoms with Gasteiger partial charge in [-0.05, 0) is 31.0 Å². The predicted octanol–water partition coefficient (Wildman–Crippen LogP) is 1.55. The fraction of sp³-hybridized carbons (Fsp3) is 0.656. The van der Waals surface area contributed by atoms with E-state index in [1.54, 1.807) is 0 Å². The minimum absolute atomic E-state index is 0.00732. The van der Waals surface area contributed by atoms with Crippen molar-refractivity contribution in [2.45, 2.75) is 76.8 Å². The maximum absolute atomic E-state index is 12.9. The number of benzene rings is 1. The largest absolute Gasteiger partial charge is 0.377 e. The van der Waals surface area contributed by atoms with Crippen LogP contribution in [0.3, 0.4) is 0 Å². The van der Waals surface area contributed by atoms with Gasteiger partial charge in [-0.25, -0.2) is 5.01 Å². The van der Waals surface area contributed by atoms with Crippen molar-refractivity contribution in [2.24, 2.45) is 0 Å². The van der Waals surface area contributed by atoms with Crippen molar-refractivity contribution >= 4 is 46.6 Å². The molecule has 0 saturated carbocycles. The molecule has 1 atom stereocenters. The van der Waals surface area contributed by atoms with Crippen LogP contribution in [0.2, 0.25) is 6.32 Å². The highest BCUT2D eigenvalue weighted by molar-refractivity contribution is 7.85. The van der Waals surface area contributed by atoms with E-state index in [9.17, 15) is 27.4 Å². The van der Waals surface area contributed by atoms with Gasteiger partial charge in [-0.3, -0.25) is 24.4 Å². The molecule has 1 heterocycles. The second kappa shape index (κ2) is 23.4. The summed E-state index contributed by atoms with van der Waals surface area (Å²) in [6.45, 7) is 2.33. The lowest BCUT2D eigenvalue weighted by Gasteiger charge is -2.19. The highest BCUT2D eigenvalue weighted by Crippen LogP contribution is 2.21. The second-order valence-corrected chi connectivity index (χ2v) is 13.1. The van der Waals surface area contributed by atoms with Gasteiger partial charge in [0.2, 0.25) is 17.7 Å². The lowest BCUT2D eigenvalue weighted by Crippen LogP contribution is -2.51. The Morgan fingerprint density at radius 2 is 1.56 bits per heavy atom. The van der Waals surface area contributed by atoms with Crippen molar-refractivity contribution in [3.63, 3.8) is 0 Å². The van der Waals surface area contributed by atoms with Crippen LogP contribution in [-0.4, -0.2) is 114 Å². The summed E-state index contributed by atoms with van der Waals surface area (Å²) in [6.07, 6.45) is 7.57. The molecule has 0 spiro atoms. The number of hydrogen-bond acceptors (Lipinski definition) is 9. The number of unbranched alkanes of at least 4 members (excludes halogenated alkanes) is 5. The Hall–Kier alpha value is -3.02. The van der Waals surface area contributed by atoms with Gasteiger partial charge in [-0.2, -0.15) is 8.42 Å². The second-order valence-electron chi connectivity index (χ2n) is 11.6. The van der Waals surface area contributed by atoms with Gasteiger partial charge < -0.3 is 30.0 Å². The van der Waals surface area contributed by atoms with Gasteiger partial charge in [0.15, 0.2) is 0 Å². The Morgan fingerprint density at radius 1 is 0.917 bits per heavy atom. The Morgan fingerprint density at radius 3 is 2.23 bits per heavy atom. The number of para-hydroxylation sites is 1. The number of nitrogens with one attached hydrogen (secondary N) is 4. The maximum Gasteiger partial charge on any atom is 0.267 e. The zero-order chi connectivity index (χ0) is 35.2. The molecule has 0 aliphatic carbocycles. The molecule has 0 bridgehead atoms. The van der Waals surface area contributed by atoms with Crippen molar-refractivity contribution in [1.82, 2.24) is 31.0 Å². The molecular weight excluding hydrogens is 639 g/mol. The van der Waals surface area contributed by atoms with Crippen LogP contribution in [0.1, 0.15) is 57.1 Å². The number of ether oxygens (including phenoxy) is 2. The van der Waals surface area contributed by atoms with E-state index in [-0.39, 0.29) is 38.7 Å². The summed E-state index contributed by atoms with van der Waals surface area (Å²) in [5.74, 6) is -2.25. The molecule has 2 radical (unpaired) electrons. The van der Waals surface area contributed by atoms with Crippen molar-refractivity contribution in [2.75, 3.05) is 59.4 Å². The van der Waals surface area contributed by atoms with Gasteiger partial charge in [0.1, 0.15) is 11.8 Å². The van der Waals surface area contributed by atoms with E-state index in [2.05, 4.69) is 21.4 Å². The maximum atomic E-state index is 12.9. The molecule has 0 unspecified atom stereocenters. The number of amides is 3. The van der Waals surface area contributed by atoms with Gasteiger partial charge >= 0.3 is 0 Å². The number of hydrogen-bond donors (Lipinski definition) is 5. The first-order valence-corrected chi connectivity index (χ1v) is 18.2. The van der Waals surface area contributed by atoms with E-state index in [0.29, 0.717) is 32.7 Å². The first-order valence-electron chi connectivity index (χ1n) is 16.6. The lowest BCUT2D eigenvalue weighted by molar-refractivity contribution is -0.128. The summed E-state index contributed by atoms with van der Waals surface area (Å²) in [7, 11) is 4.62. The number of hydrazine groups is 1. The van der Waals surface area contributed by atoms with Crippen LogP contribution in [0.25, 0.3) is 10.9 Å². The van der Waals surface area contributed by atoms with E-state index >= 15 is 0 Å². The van der Waals surface area contributed by atoms with Gasteiger partial charge in [-0.1, -0.05) is 56.6 Å². The van der Waals surface area contributed by atoms with Crippen LogP contribution in [0.15, 0.2) is 30.3 Å². The Kier molecular flexibility index (Phi) is 20.0. The predicted molar refractivity (Wildman–Crippen MR) is 186 cm³/mol. The van der Waals surface area contributed by atoms with E-state index in [0.717, 1.165) is 61.4 Å². The van der Waals surface area contributed by atoms with Crippen LogP contribution >= 0.6 is 0 Å². The number of rotatable bonds is 27. The van der Waals surface area contributed by atoms with E-state index in [4.69, 9.17) is 17.3 Å². The number of carbonyl (C=O) groups is 3. The van der Waals surface area contributed by atoms with Gasteiger partial charge in [0.25, 0.3) is 10.1 Å².